The van der Waals surface area contributed by atoms with Crippen LogP contribution in [0.25, 0.3) is 10.8 Å². The molecule has 3 unspecified atom stereocenters. The van der Waals surface area contributed by atoms with Crippen LogP contribution < -0.4 is 9.47 Å². The number of rotatable bonds is 4. The van der Waals surface area contributed by atoms with Gasteiger partial charge in [-0.15, -0.1) is 0 Å². The van der Waals surface area contributed by atoms with Crippen molar-refractivity contribution in [3.05, 3.63) is 59.2 Å². The van der Waals surface area contributed by atoms with E-state index in [1.165, 1.54) is 0 Å². The Labute approximate surface area is 168 Å². The normalized spacial score (nSPS) is 22.0. The van der Waals surface area contributed by atoms with Crippen LogP contribution in [0.2, 0.25) is 5.02 Å². The van der Waals surface area contributed by atoms with Crippen molar-refractivity contribution in [3.8, 4) is 11.5 Å². The van der Waals surface area contributed by atoms with E-state index in [2.05, 4.69) is 20.1 Å². The van der Waals surface area contributed by atoms with Crippen molar-refractivity contribution < 1.29 is 19.1 Å². The van der Waals surface area contributed by atoms with Crippen molar-refractivity contribution >= 4 is 34.3 Å². The van der Waals surface area contributed by atoms with Gasteiger partial charge in [-0.1, -0.05) is 31.7 Å². The summed E-state index contributed by atoms with van der Waals surface area (Å²) in [6.45, 7) is 11.0. The fourth-order valence-corrected chi connectivity index (χ4v) is 4.87. The molecule has 28 heavy (non-hydrogen) atoms. The maximum Gasteiger partial charge on any atom is 0.338 e. The fourth-order valence-electron chi connectivity index (χ4n) is 4.70. The molecule has 5 heteroatoms. The Kier molecular flexibility index (Phi) is 4.54. The summed E-state index contributed by atoms with van der Waals surface area (Å²) in [6, 6.07) is 5.29. The predicted molar refractivity (Wildman–Crippen MR) is 109 cm³/mol. The number of ether oxygens (including phenoxy) is 2. The highest BCUT2D eigenvalue weighted by Gasteiger charge is 2.48. The number of fused-ring (bicyclic) bond motifs is 6. The maximum absolute atomic E-state index is 12.4. The average molecular weight is 397 g/mol. The van der Waals surface area contributed by atoms with Gasteiger partial charge in [0.2, 0.25) is 0 Å². The number of benzene rings is 2. The Morgan fingerprint density at radius 1 is 1.11 bits per heavy atom. The molecule has 0 heterocycles. The predicted octanol–water partition coefficient (Wildman–Crippen LogP) is 5.68. The van der Waals surface area contributed by atoms with E-state index in [9.17, 15) is 9.59 Å². The molecule has 2 aliphatic rings. The first-order chi connectivity index (χ1) is 13.3. The summed E-state index contributed by atoms with van der Waals surface area (Å²) in [7, 11) is 0. The third kappa shape index (κ3) is 2.75. The van der Waals surface area contributed by atoms with Crippen LogP contribution in [0.4, 0.5) is 0 Å². The average Bonchev–Trinajstić information content (AvgIpc) is 3.16. The third-order valence-corrected chi connectivity index (χ3v) is 6.20. The van der Waals surface area contributed by atoms with Crippen molar-refractivity contribution in [2.75, 3.05) is 0 Å². The molecule has 2 bridgehead atoms. The Hall–Kier alpha value is -2.59. The molecule has 1 saturated carbocycles. The number of halogens is 1. The van der Waals surface area contributed by atoms with E-state index in [1.54, 1.807) is 25.1 Å². The van der Waals surface area contributed by atoms with Crippen molar-refractivity contribution in [2.45, 2.75) is 38.5 Å². The highest BCUT2D eigenvalue weighted by atomic mass is 35.5. The van der Waals surface area contributed by atoms with Gasteiger partial charge in [0, 0.05) is 38.6 Å². The van der Waals surface area contributed by atoms with E-state index in [0.717, 1.165) is 30.0 Å². The SMILES string of the molecule is C=CC(=O)Oc1c2c(c(OC(=O)C(=C)C)c3cc(Cl)ccc13)C1CCC2C1C. The smallest absolute Gasteiger partial charge is 0.338 e. The van der Waals surface area contributed by atoms with Crippen molar-refractivity contribution in [2.24, 2.45) is 5.92 Å². The molecule has 0 N–H and O–H groups in total. The van der Waals surface area contributed by atoms with Gasteiger partial charge in [0.25, 0.3) is 0 Å². The molecule has 0 amide bonds. The standard InChI is InChI=1S/C23H21ClO4/c1-5-18(25)27-21-16-7-6-13(24)10-17(16)22(28-23(26)11(2)3)20-15-9-8-14(12(15)4)19(20)21/h5-7,10,12,14-15H,1-2,8-9H2,3-4H3. The van der Waals surface area contributed by atoms with Gasteiger partial charge in [0.15, 0.2) is 0 Å². The summed E-state index contributed by atoms with van der Waals surface area (Å²) in [5, 5.41) is 1.87. The second-order valence-corrected chi connectivity index (χ2v) is 8.06. The molecule has 0 saturated heterocycles. The first-order valence-corrected chi connectivity index (χ1v) is 9.72. The lowest BCUT2D eigenvalue weighted by molar-refractivity contribution is -0.130. The van der Waals surface area contributed by atoms with Crippen LogP contribution in [0.5, 0.6) is 11.5 Å². The van der Waals surface area contributed by atoms with Crippen LogP contribution in [0.3, 0.4) is 0 Å². The molecule has 0 radical (unpaired) electrons. The van der Waals surface area contributed by atoms with Crippen molar-refractivity contribution in [3.63, 3.8) is 0 Å². The molecule has 0 spiro atoms. The van der Waals surface area contributed by atoms with Gasteiger partial charge in [0.1, 0.15) is 11.5 Å². The highest BCUT2D eigenvalue weighted by Crippen LogP contribution is 2.64. The van der Waals surface area contributed by atoms with Crippen LogP contribution in [0, 0.1) is 5.92 Å². The van der Waals surface area contributed by atoms with Crippen LogP contribution in [-0.2, 0) is 9.59 Å². The minimum Gasteiger partial charge on any atom is -0.422 e. The van der Waals surface area contributed by atoms with Crippen LogP contribution in [0.1, 0.15) is 49.7 Å². The molecule has 2 aromatic carbocycles. The summed E-state index contributed by atoms with van der Waals surface area (Å²) in [4.78, 5) is 24.5. The largest absolute Gasteiger partial charge is 0.422 e. The lowest BCUT2D eigenvalue weighted by Crippen LogP contribution is -2.14. The van der Waals surface area contributed by atoms with Crippen molar-refractivity contribution in [1.82, 2.24) is 0 Å². The van der Waals surface area contributed by atoms with Crippen LogP contribution >= 0.6 is 11.6 Å². The summed E-state index contributed by atoms with van der Waals surface area (Å²) in [5.74, 6) is 0.937. The van der Waals surface area contributed by atoms with E-state index in [-0.39, 0.29) is 11.8 Å². The van der Waals surface area contributed by atoms with Gasteiger partial charge in [-0.05, 0) is 55.7 Å². The molecule has 2 aliphatic carbocycles. The Bertz CT molecular complexity index is 1050. The van der Waals surface area contributed by atoms with Crippen molar-refractivity contribution in [1.29, 1.82) is 0 Å². The molecular weight excluding hydrogens is 376 g/mol. The second kappa shape index (κ2) is 6.78. The zero-order valence-electron chi connectivity index (χ0n) is 15.9. The Morgan fingerprint density at radius 3 is 2.29 bits per heavy atom. The molecular formula is C23H21ClO4. The maximum atomic E-state index is 12.4. The van der Waals surface area contributed by atoms with E-state index < -0.39 is 11.9 Å². The third-order valence-electron chi connectivity index (χ3n) is 5.96. The van der Waals surface area contributed by atoms with Crippen LogP contribution in [-0.4, -0.2) is 11.9 Å². The lowest BCUT2D eigenvalue weighted by Gasteiger charge is -2.24. The zero-order chi connectivity index (χ0) is 20.2. The second-order valence-electron chi connectivity index (χ2n) is 7.62. The summed E-state index contributed by atoms with van der Waals surface area (Å²) in [6.07, 6.45) is 3.18. The minimum absolute atomic E-state index is 0.248. The highest BCUT2D eigenvalue weighted by molar-refractivity contribution is 6.31. The number of carbonyl (C=O) groups excluding carboxylic acids is 2. The zero-order valence-corrected chi connectivity index (χ0v) is 16.6. The van der Waals surface area contributed by atoms with Gasteiger partial charge in [-0.2, -0.15) is 0 Å². The van der Waals surface area contributed by atoms with Gasteiger partial charge < -0.3 is 9.47 Å². The van der Waals surface area contributed by atoms with Gasteiger partial charge >= 0.3 is 11.9 Å². The van der Waals surface area contributed by atoms with Gasteiger partial charge in [0.05, 0.1) is 0 Å². The first-order valence-electron chi connectivity index (χ1n) is 9.34. The molecule has 2 aromatic rings. The Morgan fingerprint density at radius 2 is 1.71 bits per heavy atom. The topological polar surface area (TPSA) is 52.6 Å². The van der Waals surface area contributed by atoms with Crippen LogP contribution in [0.15, 0.2) is 43.0 Å². The molecule has 3 atom stereocenters. The molecule has 0 aromatic heterocycles. The number of esters is 2. The van der Waals surface area contributed by atoms with E-state index in [0.29, 0.717) is 38.8 Å². The number of carbonyl (C=O) groups is 2. The van der Waals surface area contributed by atoms with E-state index >= 15 is 0 Å². The lowest BCUT2D eigenvalue weighted by atomic mass is 9.87. The first kappa shape index (κ1) is 18.8. The summed E-state index contributed by atoms with van der Waals surface area (Å²) >= 11 is 6.25. The number of hydrogen-bond donors (Lipinski definition) is 0. The molecule has 0 aliphatic heterocycles. The van der Waals surface area contributed by atoms with E-state index in [4.69, 9.17) is 21.1 Å². The van der Waals surface area contributed by atoms with Gasteiger partial charge in [-0.3, -0.25) is 0 Å². The summed E-state index contributed by atoms with van der Waals surface area (Å²) in [5.41, 5.74) is 2.25. The molecule has 1 fully saturated rings. The monoisotopic (exact) mass is 396 g/mol. The van der Waals surface area contributed by atoms with Gasteiger partial charge in [-0.25, -0.2) is 9.59 Å². The summed E-state index contributed by atoms with van der Waals surface area (Å²) < 4.78 is 11.5. The Balaban J connectivity index is 2.06. The molecule has 144 valence electrons. The quantitative estimate of drug-likeness (QED) is 0.379. The van der Waals surface area contributed by atoms with E-state index in [1.807, 2.05) is 0 Å². The molecule has 4 nitrogen and oxygen atoms in total. The number of hydrogen-bond acceptors (Lipinski definition) is 4. The minimum atomic E-state index is -0.513. The molecule has 4 rings (SSSR count). The fraction of sp³-hybridized carbons (Fsp3) is 0.304.